The summed E-state index contributed by atoms with van der Waals surface area (Å²) in [5.74, 6) is 0. The maximum Gasteiger partial charge on any atom is 0.0483 e. The molecule has 2 aromatic carbocycles. The number of hydrogen-bond acceptors (Lipinski definition) is 1. The molecule has 0 unspecified atom stereocenters. The van der Waals surface area contributed by atoms with Crippen LogP contribution in [-0.4, -0.2) is 4.57 Å². The molecule has 102 valence electrons. The number of nitrogens with two attached hydrogens (primary N) is 1. The molecule has 1 heterocycles. The van der Waals surface area contributed by atoms with E-state index in [1.54, 1.807) is 0 Å². The summed E-state index contributed by atoms with van der Waals surface area (Å²) in [4.78, 5) is 0. The van der Waals surface area contributed by atoms with E-state index in [0.717, 1.165) is 19.4 Å². The monoisotopic (exact) mass is 264 g/mol. The van der Waals surface area contributed by atoms with Crippen molar-refractivity contribution in [3.05, 3.63) is 71.9 Å². The average Bonchev–Trinajstić information content (AvgIpc) is 2.87. The fourth-order valence-corrected chi connectivity index (χ4v) is 2.77. The van der Waals surface area contributed by atoms with Crippen LogP contribution in [0.5, 0.6) is 0 Å². The van der Waals surface area contributed by atoms with Crippen LogP contribution in [0.1, 0.15) is 17.5 Å². The van der Waals surface area contributed by atoms with Gasteiger partial charge in [0.2, 0.25) is 0 Å². The molecule has 2 nitrogen and oxygen atoms in total. The Morgan fingerprint density at radius 1 is 0.900 bits per heavy atom. The molecule has 0 aliphatic heterocycles. The molecule has 0 bridgehead atoms. The maximum absolute atomic E-state index is 5.84. The minimum absolute atomic E-state index is 0.603. The molecule has 20 heavy (non-hydrogen) atoms. The van der Waals surface area contributed by atoms with Crippen molar-refractivity contribution >= 4 is 10.9 Å². The Hall–Kier alpha value is -2.06. The predicted octanol–water partition coefficient (Wildman–Crippen LogP) is 3.73. The van der Waals surface area contributed by atoms with Gasteiger partial charge in [0.05, 0.1) is 0 Å². The number of aryl methyl sites for hydroxylation is 2. The molecule has 0 spiro atoms. The maximum atomic E-state index is 5.84. The summed E-state index contributed by atoms with van der Waals surface area (Å²) in [5, 5.41) is 1.29. The van der Waals surface area contributed by atoms with E-state index in [-0.39, 0.29) is 0 Å². The van der Waals surface area contributed by atoms with E-state index in [1.165, 1.54) is 22.0 Å². The van der Waals surface area contributed by atoms with Gasteiger partial charge in [0.25, 0.3) is 0 Å². The van der Waals surface area contributed by atoms with Gasteiger partial charge in [0.1, 0.15) is 0 Å². The topological polar surface area (TPSA) is 30.9 Å². The lowest BCUT2D eigenvalue weighted by molar-refractivity contribution is 0.660. The first-order valence-electron chi connectivity index (χ1n) is 7.19. The van der Waals surface area contributed by atoms with Crippen LogP contribution in [0.25, 0.3) is 10.9 Å². The van der Waals surface area contributed by atoms with Crippen molar-refractivity contribution in [1.29, 1.82) is 0 Å². The number of nitrogens with zero attached hydrogens (tertiary/aromatic N) is 1. The van der Waals surface area contributed by atoms with Gasteiger partial charge in [-0.05, 0) is 30.0 Å². The van der Waals surface area contributed by atoms with Gasteiger partial charge in [-0.2, -0.15) is 0 Å². The zero-order valence-corrected chi connectivity index (χ0v) is 11.6. The van der Waals surface area contributed by atoms with Crippen LogP contribution in [0, 0.1) is 0 Å². The van der Waals surface area contributed by atoms with Gasteiger partial charge in [-0.15, -0.1) is 0 Å². The van der Waals surface area contributed by atoms with Crippen molar-refractivity contribution in [2.24, 2.45) is 5.73 Å². The molecule has 1 aromatic heterocycles. The first kappa shape index (κ1) is 12.9. The number of benzene rings is 2. The summed E-state index contributed by atoms with van der Waals surface area (Å²) in [5.41, 5.74) is 9.77. The zero-order chi connectivity index (χ0) is 13.8. The van der Waals surface area contributed by atoms with Crippen LogP contribution in [0.4, 0.5) is 0 Å². The standard InChI is InChI=1S/C18H20N2/c19-13-16-14-20(18-11-5-4-10-17(16)18)12-6-9-15-7-2-1-3-8-15/h1-5,7-8,10-11,14H,6,9,12-13,19H2. The fraction of sp³-hybridized carbons (Fsp3) is 0.222. The molecule has 0 radical (unpaired) electrons. The highest BCUT2D eigenvalue weighted by atomic mass is 15.0. The van der Waals surface area contributed by atoms with Crippen molar-refractivity contribution in [3.63, 3.8) is 0 Å². The van der Waals surface area contributed by atoms with E-state index in [0.29, 0.717) is 6.54 Å². The molecule has 0 fully saturated rings. The van der Waals surface area contributed by atoms with Crippen LogP contribution in [0.15, 0.2) is 60.8 Å². The third-order valence-electron chi connectivity index (χ3n) is 3.80. The molecule has 3 aromatic rings. The quantitative estimate of drug-likeness (QED) is 0.748. The van der Waals surface area contributed by atoms with Crippen molar-refractivity contribution in [3.8, 4) is 0 Å². The van der Waals surface area contributed by atoms with Crippen LogP contribution < -0.4 is 5.73 Å². The van der Waals surface area contributed by atoms with Gasteiger partial charge in [0, 0.05) is 30.2 Å². The predicted molar refractivity (Wildman–Crippen MR) is 84.6 cm³/mol. The Labute approximate surface area is 119 Å². The lowest BCUT2D eigenvalue weighted by Gasteiger charge is -2.05. The molecule has 0 aliphatic rings. The average molecular weight is 264 g/mol. The van der Waals surface area contributed by atoms with Gasteiger partial charge >= 0.3 is 0 Å². The van der Waals surface area contributed by atoms with Crippen LogP contribution in [0.2, 0.25) is 0 Å². The SMILES string of the molecule is NCc1cn(CCCc2ccccc2)c2ccccc12. The third kappa shape index (κ3) is 2.61. The van der Waals surface area contributed by atoms with E-state index in [9.17, 15) is 0 Å². The van der Waals surface area contributed by atoms with E-state index in [2.05, 4.69) is 65.4 Å². The van der Waals surface area contributed by atoms with Gasteiger partial charge in [-0.1, -0.05) is 48.5 Å². The Morgan fingerprint density at radius 3 is 2.45 bits per heavy atom. The molecule has 0 amide bonds. The van der Waals surface area contributed by atoms with Crippen molar-refractivity contribution in [2.45, 2.75) is 25.9 Å². The Morgan fingerprint density at radius 2 is 1.65 bits per heavy atom. The van der Waals surface area contributed by atoms with E-state index >= 15 is 0 Å². The summed E-state index contributed by atoms with van der Waals surface area (Å²) >= 11 is 0. The summed E-state index contributed by atoms with van der Waals surface area (Å²) in [6.45, 7) is 1.64. The second-order valence-corrected chi connectivity index (χ2v) is 5.16. The van der Waals surface area contributed by atoms with E-state index in [1.807, 2.05) is 0 Å². The van der Waals surface area contributed by atoms with Crippen LogP contribution in [-0.2, 0) is 19.5 Å². The van der Waals surface area contributed by atoms with E-state index in [4.69, 9.17) is 5.73 Å². The first-order chi connectivity index (χ1) is 9.88. The minimum Gasteiger partial charge on any atom is -0.347 e. The second-order valence-electron chi connectivity index (χ2n) is 5.16. The summed E-state index contributed by atoms with van der Waals surface area (Å²) in [6.07, 6.45) is 4.47. The largest absolute Gasteiger partial charge is 0.347 e. The molecular weight excluding hydrogens is 244 g/mol. The van der Waals surface area contributed by atoms with Gasteiger partial charge in [0.15, 0.2) is 0 Å². The van der Waals surface area contributed by atoms with Crippen LogP contribution in [0.3, 0.4) is 0 Å². The highest BCUT2D eigenvalue weighted by Crippen LogP contribution is 2.21. The van der Waals surface area contributed by atoms with Gasteiger partial charge in [-0.3, -0.25) is 0 Å². The highest BCUT2D eigenvalue weighted by Gasteiger charge is 2.06. The molecule has 0 atom stereocenters. The number of para-hydroxylation sites is 1. The second kappa shape index (κ2) is 5.93. The molecular formula is C18H20N2. The zero-order valence-electron chi connectivity index (χ0n) is 11.6. The van der Waals surface area contributed by atoms with Crippen molar-refractivity contribution < 1.29 is 0 Å². The first-order valence-corrected chi connectivity index (χ1v) is 7.19. The van der Waals surface area contributed by atoms with Crippen LogP contribution >= 0.6 is 0 Å². The lowest BCUT2D eigenvalue weighted by atomic mass is 10.1. The minimum atomic E-state index is 0.603. The molecule has 2 N–H and O–H groups in total. The smallest absolute Gasteiger partial charge is 0.0483 e. The summed E-state index contributed by atoms with van der Waals surface area (Å²) in [7, 11) is 0. The lowest BCUT2D eigenvalue weighted by Crippen LogP contribution is -1.99. The van der Waals surface area contributed by atoms with E-state index < -0.39 is 0 Å². The van der Waals surface area contributed by atoms with Gasteiger partial charge < -0.3 is 10.3 Å². The van der Waals surface area contributed by atoms with Crippen molar-refractivity contribution in [1.82, 2.24) is 4.57 Å². The molecule has 2 heteroatoms. The normalized spacial score (nSPS) is 11.1. The summed E-state index contributed by atoms with van der Waals surface area (Å²) < 4.78 is 2.33. The van der Waals surface area contributed by atoms with Gasteiger partial charge in [-0.25, -0.2) is 0 Å². The number of rotatable bonds is 5. The molecule has 0 saturated carbocycles. The molecule has 0 saturated heterocycles. The number of hydrogen-bond donors (Lipinski definition) is 1. The summed E-state index contributed by atoms with van der Waals surface area (Å²) in [6, 6.07) is 19.2. The third-order valence-corrected chi connectivity index (χ3v) is 3.80. The van der Waals surface area contributed by atoms with Crippen molar-refractivity contribution in [2.75, 3.05) is 0 Å². The fourth-order valence-electron chi connectivity index (χ4n) is 2.77. The molecule has 0 aliphatic carbocycles. The number of aromatic nitrogens is 1. The Bertz CT molecular complexity index is 683. The highest BCUT2D eigenvalue weighted by molar-refractivity contribution is 5.83. The number of fused-ring (bicyclic) bond motifs is 1. The molecule has 3 rings (SSSR count). The Balaban J connectivity index is 1.74. The Kier molecular flexibility index (Phi) is 3.84.